The maximum Gasteiger partial charge on any atom is 0.0894 e. The van der Waals surface area contributed by atoms with Gasteiger partial charge in [0.2, 0.25) is 0 Å². The molecule has 0 saturated heterocycles. The quantitative estimate of drug-likeness (QED) is 0.557. The molecule has 0 bridgehead atoms. The third-order valence-corrected chi connectivity index (χ3v) is 1.04. The van der Waals surface area contributed by atoms with Gasteiger partial charge in [-0.2, -0.15) is 0 Å². The van der Waals surface area contributed by atoms with E-state index in [1.807, 2.05) is 6.92 Å². The van der Waals surface area contributed by atoms with Gasteiger partial charge in [0.05, 0.1) is 6.67 Å². The van der Waals surface area contributed by atoms with Crippen molar-refractivity contribution in [3.63, 3.8) is 0 Å². The minimum Gasteiger partial charge on any atom is -0.328 e. The Morgan fingerprint density at radius 3 is 2.50 bits per heavy atom. The van der Waals surface area contributed by atoms with Crippen LogP contribution in [0.25, 0.3) is 0 Å². The lowest BCUT2D eigenvalue weighted by Gasteiger charge is -2.00. The average Bonchev–Trinajstić information content (AvgIpc) is 1.66. The second-order valence-corrected chi connectivity index (χ2v) is 2.16. The van der Waals surface area contributed by atoms with E-state index in [9.17, 15) is 4.39 Å². The third-order valence-electron chi connectivity index (χ3n) is 1.04. The van der Waals surface area contributed by atoms with Crippen LogP contribution >= 0.6 is 0 Å². The van der Waals surface area contributed by atoms with Gasteiger partial charge in [0.25, 0.3) is 0 Å². The van der Waals surface area contributed by atoms with Crippen molar-refractivity contribution >= 4 is 0 Å². The van der Waals surface area contributed by atoms with Gasteiger partial charge in [0.15, 0.2) is 0 Å². The Hall–Kier alpha value is -0.110. The van der Waals surface area contributed by atoms with E-state index in [0.717, 1.165) is 12.8 Å². The van der Waals surface area contributed by atoms with Crippen molar-refractivity contribution in [3.8, 4) is 0 Å². The fourth-order valence-electron chi connectivity index (χ4n) is 0.561. The Morgan fingerprint density at radius 2 is 2.12 bits per heavy atom. The zero-order valence-corrected chi connectivity index (χ0v) is 5.36. The van der Waals surface area contributed by atoms with Crippen molar-refractivity contribution in [3.05, 3.63) is 0 Å². The summed E-state index contributed by atoms with van der Waals surface area (Å²) in [5.74, 6) is 0. The van der Waals surface area contributed by atoms with Crippen LogP contribution < -0.4 is 5.73 Å². The largest absolute Gasteiger partial charge is 0.328 e. The summed E-state index contributed by atoms with van der Waals surface area (Å²) in [4.78, 5) is 0. The summed E-state index contributed by atoms with van der Waals surface area (Å²) in [6, 6.07) is 0.238. The standard InChI is InChI=1S/C6H14FN/c1-6(8)4-2-3-5-7/h6H,2-5,8H2,1H3. The predicted octanol–water partition coefficient (Wildman–Crippen LogP) is 1.47. The van der Waals surface area contributed by atoms with Gasteiger partial charge in [-0.25, -0.2) is 0 Å². The van der Waals surface area contributed by atoms with Crippen LogP contribution in [0.3, 0.4) is 0 Å². The van der Waals surface area contributed by atoms with Crippen LogP contribution in [0.2, 0.25) is 0 Å². The molecule has 0 aliphatic rings. The van der Waals surface area contributed by atoms with Gasteiger partial charge in [-0.3, -0.25) is 4.39 Å². The molecule has 0 radical (unpaired) electrons. The smallest absolute Gasteiger partial charge is 0.0894 e. The van der Waals surface area contributed by atoms with E-state index < -0.39 is 0 Å². The summed E-state index contributed by atoms with van der Waals surface area (Å²) in [7, 11) is 0. The van der Waals surface area contributed by atoms with Crippen molar-refractivity contribution in [1.82, 2.24) is 0 Å². The van der Waals surface area contributed by atoms with Crippen molar-refractivity contribution in [2.45, 2.75) is 32.2 Å². The summed E-state index contributed by atoms with van der Waals surface area (Å²) < 4.78 is 11.4. The number of rotatable bonds is 4. The van der Waals surface area contributed by atoms with Crippen LogP contribution in [0, 0.1) is 0 Å². The van der Waals surface area contributed by atoms with Gasteiger partial charge in [-0.05, 0) is 26.2 Å². The number of hydrogen-bond donors (Lipinski definition) is 1. The number of nitrogens with two attached hydrogens (primary N) is 1. The first-order valence-electron chi connectivity index (χ1n) is 3.09. The molecule has 0 heterocycles. The summed E-state index contributed by atoms with van der Waals surface area (Å²) in [5, 5.41) is 0. The highest BCUT2D eigenvalue weighted by Gasteiger charge is 1.91. The molecular weight excluding hydrogens is 105 g/mol. The van der Waals surface area contributed by atoms with Crippen molar-refractivity contribution in [2.75, 3.05) is 6.67 Å². The van der Waals surface area contributed by atoms with E-state index in [4.69, 9.17) is 5.73 Å². The Labute approximate surface area is 50.1 Å². The molecule has 0 amide bonds. The first-order chi connectivity index (χ1) is 3.77. The third kappa shape index (κ3) is 5.89. The molecule has 0 spiro atoms. The molecule has 0 aliphatic heterocycles. The molecule has 0 rings (SSSR count). The van der Waals surface area contributed by atoms with Gasteiger partial charge in [-0.1, -0.05) is 0 Å². The maximum atomic E-state index is 11.4. The van der Waals surface area contributed by atoms with E-state index in [1.165, 1.54) is 0 Å². The molecule has 1 atom stereocenters. The van der Waals surface area contributed by atoms with Gasteiger partial charge in [0, 0.05) is 6.04 Å². The van der Waals surface area contributed by atoms with E-state index in [-0.39, 0.29) is 12.7 Å². The maximum absolute atomic E-state index is 11.4. The average molecular weight is 119 g/mol. The van der Waals surface area contributed by atoms with Crippen LogP contribution in [-0.4, -0.2) is 12.7 Å². The van der Waals surface area contributed by atoms with Gasteiger partial charge in [-0.15, -0.1) is 0 Å². The molecule has 50 valence electrons. The molecule has 0 aromatic heterocycles. The predicted molar refractivity (Wildman–Crippen MR) is 33.5 cm³/mol. The van der Waals surface area contributed by atoms with E-state index >= 15 is 0 Å². The highest BCUT2D eigenvalue weighted by atomic mass is 19.1. The first-order valence-corrected chi connectivity index (χ1v) is 3.09. The molecule has 2 heteroatoms. The Bertz CT molecular complexity index is 45.8. The number of halogens is 1. The normalized spacial score (nSPS) is 13.9. The van der Waals surface area contributed by atoms with Gasteiger partial charge < -0.3 is 5.73 Å². The summed E-state index contributed by atoms with van der Waals surface area (Å²) in [6.45, 7) is 1.74. The summed E-state index contributed by atoms with van der Waals surface area (Å²) >= 11 is 0. The molecule has 0 aromatic rings. The van der Waals surface area contributed by atoms with E-state index in [0.29, 0.717) is 6.42 Å². The van der Waals surface area contributed by atoms with Crippen molar-refractivity contribution < 1.29 is 4.39 Å². The lowest BCUT2D eigenvalue weighted by molar-refractivity contribution is 0.448. The molecule has 0 fully saturated rings. The van der Waals surface area contributed by atoms with E-state index in [2.05, 4.69) is 0 Å². The van der Waals surface area contributed by atoms with Gasteiger partial charge >= 0.3 is 0 Å². The fourth-order valence-corrected chi connectivity index (χ4v) is 0.561. The topological polar surface area (TPSA) is 26.0 Å². The molecule has 0 aromatic carbocycles. The Kier molecular flexibility index (Phi) is 4.97. The lowest BCUT2D eigenvalue weighted by Crippen LogP contribution is -2.13. The van der Waals surface area contributed by atoms with Crippen LogP contribution in [0.15, 0.2) is 0 Å². The molecule has 1 unspecified atom stereocenters. The number of unbranched alkanes of at least 4 members (excludes halogenated alkanes) is 1. The monoisotopic (exact) mass is 119 g/mol. The van der Waals surface area contributed by atoms with Crippen molar-refractivity contribution in [2.24, 2.45) is 5.73 Å². The Balaban J connectivity index is 2.72. The molecule has 0 saturated carbocycles. The molecule has 1 nitrogen and oxygen atoms in total. The zero-order valence-electron chi connectivity index (χ0n) is 5.36. The highest BCUT2D eigenvalue weighted by molar-refractivity contribution is 4.51. The van der Waals surface area contributed by atoms with Crippen LogP contribution in [0.1, 0.15) is 26.2 Å². The minimum atomic E-state index is -0.202. The van der Waals surface area contributed by atoms with Gasteiger partial charge in [0.1, 0.15) is 0 Å². The van der Waals surface area contributed by atoms with Crippen LogP contribution in [0.5, 0.6) is 0 Å². The SMILES string of the molecule is CC(N)CCCCF. The molecule has 2 N–H and O–H groups in total. The minimum absolute atomic E-state index is 0.202. The number of hydrogen-bond acceptors (Lipinski definition) is 1. The van der Waals surface area contributed by atoms with Crippen LogP contribution in [0.4, 0.5) is 4.39 Å². The van der Waals surface area contributed by atoms with Crippen LogP contribution in [-0.2, 0) is 0 Å². The number of alkyl halides is 1. The summed E-state index contributed by atoms with van der Waals surface area (Å²) in [6.07, 6.45) is 2.54. The highest BCUT2D eigenvalue weighted by Crippen LogP contribution is 1.97. The molecule has 8 heavy (non-hydrogen) atoms. The summed E-state index contributed by atoms with van der Waals surface area (Å²) in [5.41, 5.74) is 5.41. The van der Waals surface area contributed by atoms with Crippen molar-refractivity contribution in [1.29, 1.82) is 0 Å². The Morgan fingerprint density at radius 1 is 1.50 bits per heavy atom. The second kappa shape index (κ2) is 5.04. The fraction of sp³-hybridized carbons (Fsp3) is 1.00. The lowest BCUT2D eigenvalue weighted by atomic mass is 10.2. The first kappa shape index (κ1) is 7.89. The second-order valence-electron chi connectivity index (χ2n) is 2.16. The molecule has 0 aliphatic carbocycles. The zero-order chi connectivity index (χ0) is 6.41. The van der Waals surface area contributed by atoms with E-state index in [1.54, 1.807) is 0 Å². The molecular formula is C6H14FN.